The first-order valence-electron chi connectivity index (χ1n) is 8.35. The topological polar surface area (TPSA) is 211 Å². The molecule has 0 rings (SSSR count). The lowest BCUT2D eigenvalue weighted by Gasteiger charge is -2.24. The molecule has 0 saturated heterocycles. The number of aliphatic hydroxyl groups excluding tert-OH is 1. The number of primary amides is 1. The van der Waals surface area contributed by atoms with Crippen molar-refractivity contribution in [1.29, 1.82) is 0 Å². The summed E-state index contributed by atoms with van der Waals surface area (Å²) in [6, 6.07) is -3.66. The Bertz CT molecular complexity index is 499. The second-order valence-corrected chi connectivity index (χ2v) is 6.02. The molecule has 11 heteroatoms. The fraction of sp³-hybridized carbons (Fsp3) is 0.733. The third-order valence-corrected chi connectivity index (χ3v) is 3.66. The van der Waals surface area contributed by atoms with Crippen LogP contribution in [0.3, 0.4) is 0 Å². The van der Waals surface area contributed by atoms with E-state index in [1.165, 1.54) is 6.92 Å². The highest BCUT2D eigenvalue weighted by Crippen LogP contribution is 2.04. The van der Waals surface area contributed by atoms with Gasteiger partial charge in [-0.25, -0.2) is 4.79 Å². The Morgan fingerprint density at radius 2 is 1.65 bits per heavy atom. The van der Waals surface area contributed by atoms with Gasteiger partial charge in [-0.05, 0) is 39.2 Å². The van der Waals surface area contributed by atoms with E-state index in [4.69, 9.17) is 17.2 Å². The molecule has 0 aliphatic rings. The summed E-state index contributed by atoms with van der Waals surface area (Å²) < 4.78 is 0. The molecule has 26 heavy (non-hydrogen) atoms. The van der Waals surface area contributed by atoms with E-state index >= 15 is 0 Å². The lowest BCUT2D eigenvalue weighted by molar-refractivity contribution is -0.143. The molecular weight excluding hydrogens is 346 g/mol. The average molecular weight is 375 g/mol. The second-order valence-electron chi connectivity index (χ2n) is 6.02. The molecule has 0 bridgehead atoms. The van der Waals surface area contributed by atoms with Crippen LogP contribution in [0.2, 0.25) is 0 Å². The predicted octanol–water partition coefficient (Wildman–Crippen LogP) is -2.86. The molecule has 0 fully saturated rings. The van der Waals surface area contributed by atoms with Gasteiger partial charge in [-0.1, -0.05) is 0 Å². The zero-order chi connectivity index (χ0) is 20.3. The lowest BCUT2D eigenvalue weighted by atomic mass is 10.1. The fourth-order valence-corrected chi connectivity index (χ4v) is 2.11. The third-order valence-electron chi connectivity index (χ3n) is 3.66. The van der Waals surface area contributed by atoms with Gasteiger partial charge in [0, 0.05) is 6.42 Å². The molecular formula is C15H29N5O6. The molecule has 10 N–H and O–H groups in total. The number of amides is 3. The Labute approximate surface area is 151 Å². The number of hydrogen-bond donors (Lipinski definition) is 7. The van der Waals surface area contributed by atoms with Crippen molar-refractivity contribution in [2.24, 2.45) is 17.2 Å². The van der Waals surface area contributed by atoms with E-state index in [0.29, 0.717) is 19.4 Å². The molecule has 0 heterocycles. The highest BCUT2D eigenvalue weighted by molar-refractivity contribution is 5.92. The van der Waals surface area contributed by atoms with Crippen molar-refractivity contribution < 1.29 is 29.4 Å². The zero-order valence-corrected chi connectivity index (χ0v) is 14.8. The van der Waals surface area contributed by atoms with E-state index in [2.05, 4.69) is 10.6 Å². The number of hydrogen-bond acceptors (Lipinski definition) is 7. The van der Waals surface area contributed by atoms with E-state index in [1.807, 2.05) is 0 Å². The maximum atomic E-state index is 12.3. The van der Waals surface area contributed by atoms with Crippen LogP contribution in [0.15, 0.2) is 0 Å². The number of carbonyl (C=O) groups excluding carboxylic acids is 3. The largest absolute Gasteiger partial charge is 0.480 e. The van der Waals surface area contributed by atoms with Gasteiger partial charge in [0.15, 0.2) is 0 Å². The fourth-order valence-electron chi connectivity index (χ4n) is 2.11. The van der Waals surface area contributed by atoms with Crippen LogP contribution >= 0.6 is 0 Å². The number of carbonyl (C=O) groups is 4. The normalized spacial score (nSPS) is 15.4. The molecule has 0 aliphatic heterocycles. The first-order chi connectivity index (χ1) is 12.1. The van der Waals surface area contributed by atoms with Crippen molar-refractivity contribution in [3.05, 3.63) is 0 Å². The Kier molecular flexibility index (Phi) is 11.1. The summed E-state index contributed by atoms with van der Waals surface area (Å²) in [5.74, 6) is -3.47. The van der Waals surface area contributed by atoms with Crippen molar-refractivity contribution in [3.63, 3.8) is 0 Å². The number of nitrogens with two attached hydrogens (primary N) is 3. The van der Waals surface area contributed by atoms with Crippen molar-refractivity contribution in [1.82, 2.24) is 10.6 Å². The Morgan fingerprint density at radius 3 is 2.12 bits per heavy atom. The van der Waals surface area contributed by atoms with Gasteiger partial charge in [0.05, 0.1) is 12.1 Å². The molecule has 150 valence electrons. The first-order valence-corrected chi connectivity index (χ1v) is 8.35. The van der Waals surface area contributed by atoms with Gasteiger partial charge >= 0.3 is 5.97 Å². The van der Waals surface area contributed by atoms with Crippen molar-refractivity contribution in [2.45, 2.75) is 63.3 Å². The lowest BCUT2D eigenvalue weighted by Crippen LogP contribution is -2.58. The van der Waals surface area contributed by atoms with Gasteiger partial charge in [0.1, 0.15) is 12.1 Å². The van der Waals surface area contributed by atoms with E-state index in [0.717, 1.165) is 0 Å². The van der Waals surface area contributed by atoms with Gasteiger partial charge in [0.25, 0.3) is 0 Å². The van der Waals surface area contributed by atoms with E-state index in [-0.39, 0.29) is 19.3 Å². The molecule has 0 radical (unpaired) electrons. The van der Waals surface area contributed by atoms with Crippen LogP contribution in [0.1, 0.15) is 39.0 Å². The van der Waals surface area contributed by atoms with E-state index < -0.39 is 47.9 Å². The number of unbranched alkanes of at least 4 members (excludes halogenated alkanes) is 1. The summed E-state index contributed by atoms with van der Waals surface area (Å²) >= 11 is 0. The second kappa shape index (κ2) is 12.2. The Morgan fingerprint density at radius 1 is 1.04 bits per heavy atom. The minimum atomic E-state index is -1.39. The maximum Gasteiger partial charge on any atom is 0.326 e. The number of aliphatic hydroxyl groups is 1. The minimum absolute atomic E-state index is 0.0217. The van der Waals surface area contributed by atoms with E-state index in [1.54, 1.807) is 0 Å². The molecule has 11 nitrogen and oxygen atoms in total. The van der Waals surface area contributed by atoms with Crippen LogP contribution in [-0.2, 0) is 19.2 Å². The van der Waals surface area contributed by atoms with Crippen molar-refractivity contribution in [3.8, 4) is 0 Å². The summed E-state index contributed by atoms with van der Waals surface area (Å²) in [6.07, 6.45) is -0.158. The molecule has 0 unspecified atom stereocenters. The van der Waals surface area contributed by atoms with Crippen LogP contribution in [0.25, 0.3) is 0 Å². The average Bonchev–Trinajstić information content (AvgIpc) is 2.55. The molecule has 0 spiro atoms. The molecule has 0 saturated carbocycles. The summed E-state index contributed by atoms with van der Waals surface area (Å²) in [5, 5.41) is 23.5. The summed E-state index contributed by atoms with van der Waals surface area (Å²) in [7, 11) is 0. The maximum absolute atomic E-state index is 12.3. The van der Waals surface area contributed by atoms with Crippen LogP contribution in [0.4, 0.5) is 0 Å². The molecule has 4 atom stereocenters. The summed E-state index contributed by atoms with van der Waals surface area (Å²) in [4.78, 5) is 46.2. The standard InChI is InChI=1S/C15H29N5O6/c1-8(21)12(20-13(23)9(17)5-6-11(18)22)14(24)19-10(15(25)26)4-2-3-7-16/h8-10,12,21H,2-7,16-17H2,1H3,(H2,18,22)(H,19,24)(H,20,23)(H,25,26)/t8-,9+,10+,12+/m1/s1. The Hall–Kier alpha value is -2.24. The van der Waals surface area contributed by atoms with Gasteiger partial charge in [-0.2, -0.15) is 0 Å². The number of carboxylic acid groups (broad SMARTS) is 1. The zero-order valence-electron chi connectivity index (χ0n) is 14.8. The van der Waals surface area contributed by atoms with Gasteiger partial charge in [0.2, 0.25) is 17.7 Å². The highest BCUT2D eigenvalue weighted by atomic mass is 16.4. The summed E-state index contributed by atoms with van der Waals surface area (Å²) in [5.41, 5.74) is 15.9. The van der Waals surface area contributed by atoms with Crippen molar-refractivity contribution >= 4 is 23.7 Å². The van der Waals surface area contributed by atoms with Crippen LogP contribution < -0.4 is 27.8 Å². The highest BCUT2D eigenvalue weighted by Gasteiger charge is 2.30. The molecule has 0 aliphatic carbocycles. The molecule has 0 aromatic heterocycles. The number of aliphatic carboxylic acids is 1. The molecule has 0 aromatic rings. The number of carboxylic acids is 1. The minimum Gasteiger partial charge on any atom is -0.480 e. The number of rotatable bonds is 13. The summed E-state index contributed by atoms with van der Waals surface area (Å²) in [6.45, 7) is 1.67. The Balaban J connectivity index is 4.84. The molecule has 3 amide bonds. The van der Waals surface area contributed by atoms with Crippen LogP contribution in [0, 0.1) is 0 Å². The predicted molar refractivity (Wildman–Crippen MR) is 92.5 cm³/mol. The first kappa shape index (κ1) is 23.8. The SMILES string of the molecule is C[C@@H](O)[C@H](NC(=O)[C@@H](N)CCC(N)=O)C(=O)N[C@@H](CCCCN)C(=O)O. The van der Waals surface area contributed by atoms with Gasteiger partial charge < -0.3 is 38.0 Å². The smallest absolute Gasteiger partial charge is 0.326 e. The monoisotopic (exact) mass is 375 g/mol. The van der Waals surface area contributed by atoms with E-state index in [9.17, 15) is 29.4 Å². The van der Waals surface area contributed by atoms with Crippen molar-refractivity contribution in [2.75, 3.05) is 6.54 Å². The molecule has 0 aromatic carbocycles. The number of nitrogens with one attached hydrogen (secondary N) is 2. The van der Waals surface area contributed by atoms with Gasteiger partial charge in [-0.3, -0.25) is 14.4 Å². The van der Waals surface area contributed by atoms with Crippen LogP contribution in [-0.4, -0.2) is 64.7 Å². The van der Waals surface area contributed by atoms with Gasteiger partial charge in [-0.15, -0.1) is 0 Å². The van der Waals surface area contributed by atoms with Crippen LogP contribution in [0.5, 0.6) is 0 Å². The quantitative estimate of drug-likeness (QED) is 0.166. The third kappa shape index (κ3) is 9.30.